The molecule has 2 aromatic carbocycles. The molecule has 22 heavy (non-hydrogen) atoms. The molecule has 0 aliphatic rings. The molecule has 0 amide bonds. The van der Waals surface area contributed by atoms with Crippen molar-refractivity contribution in [3.05, 3.63) is 46.4 Å². The third-order valence-electron chi connectivity index (χ3n) is 3.16. The van der Waals surface area contributed by atoms with Crippen LogP contribution in [0.4, 0.5) is 5.69 Å². The molecule has 0 aliphatic carbocycles. The summed E-state index contributed by atoms with van der Waals surface area (Å²) >= 11 is 3.52. The molecule has 0 fully saturated rings. The van der Waals surface area contributed by atoms with Gasteiger partial charge in [-0.25, -0.2) is 0 Å². The lowest BCUT2D eigenvalue weighted by Gasteiger charge is -2.14. The molecule has 0 atom stereocenters. The van der Waals surface area contributed by atoms with E-state index in [9.17, 15) is 0 Å². The van der Waals surface area contributed by atoms with E-state index in [1.807, 2.05) is 43.3 Å². The summed E-state index contributed by atoms with van der Waals surface area (Å²) in [5, 5.41) is 3.37. The predicted octanol–water partition coefficient (Wildman–Crippen LogP) is 4.48. The third kappa shape index (κ3) is 4.07. The average molecular weight is 366 g/mol. The fourth-order valence-electron chi connectivity index (χ4n) is 2.10. The van der Waals surface area contributed by atoms with Crippen LogP contribution in [0.15, 0.2) is 40.9 Å². The Hall–Kier alpha value is -1.88. The fourth-order valence-corrected chi connectivity index (χ4v) is 2.75. The van der Waals surface area contributed by atoms with Crippen LogP contribution in [0, 0.1) is 0 Å². The molecular formula is C17H20BrNO3. The van der Waals surface area contributed by atoms with Crippen molar-refractivity contribution in [1.82, 2.24) is 0 Å². The quantitative estimate of drug-likeness (QED) is 0.785. The van der Waals surface area contributed by atoms with Crippen LogP contribution in [0.5, 0.6) is 17.2 Å². The molecule has 0 spiro atoms. The third-order valence-corrected chi connectivity index (χ3v) is 3.75. The van der Waals surface area contributed by atoms with Gasteiger partial charge in [0.1, 0.15) is 5.75 Å². The average Bonchev–Trinajstić information content (AvgIpc) is 2.53. The molecule has 0 saturated heterocycles. The Balaban J connectivity index is 2.11. The highest BCUT2D eigenvalue weighted by Crippen LogP contribution is 2.36. The van der Waals surface area contributed by atoms with Crippen LogP contribution in [0.3, 0.4) is 0 Å². The number of hydrogen-bond donors (Lipinski definition) is 1. The highest BCUT2D eigenvalue weighted by Gasteiger charge is 2.11. The van der Waals surface area contributed by atoms with Gasteiger partial charge >= 0.3 is 0 Å². The van der Waals surface area contributed by atoms with E-state index in [0.717, 1.165) is 33.0 Å². The van der Waals surface area contributed by atoms with Crippen molar-refractivity contribution >= 4 is 21.6 Å². The van der Waals surface area contributed by atoms with E-state index in [2.05, 4.69) is 21.2 Å². The first kappa shape index (κ1) is 16.5. The number of halogens is 1. The van der Waals surface area contributed by atoms with E-state index in [4.69, 9.17) is 14.2 Å². The van der Waals surface area contributed by atoms with Gasteiger partial charge in [-0.05, 0) is 64.8 Å². The Morgan fingerprint density at radius 1 is 1.05 bits per heavy atom. The number of anilines is 1. The molecule has 0 aromatic heterocycles. The Morgan fingerprint density at radius 3 is 2.36 bits per heavy atom. The summed E-state index contributed by atoms with van der Waals surface area (Å²) in [7, 11) is 3.30. The molecule has 5 heteroatoms. The van der Waals surface area contributed by atoms with Crippen LogP contribution in [-0.2, 0) is 6.54 Å². The lowest BCUT2D eigenvalue weighted by molar-refractivity contribution is 0.309. The molecule has 0 saturated carbocycles. The molecule has 0 radical (unpaired) electrons. The highest BCUT2D eigenvalue weighted by atomic mass is 79.9. The first-order valence-electron chi connectivity index (χ1n) is 7.05. The van der Waals surface area contributed by atoms with Crippen molar-refractivity contribution < 1.29 is 14.2 Å². The van der Waals surface area contributed by atoms with Gasteiger partial charge in [-0.3, -0.25) is 0 Å². The van der Waals surface area contributed by atoms with Crippen molar-refractivity contribution in [2.24, 2.45) is 0 Å². The minimum absolute atomic E-state index is 0.595. The summed E-state index contributed by atoms with van der Waals surface area (Å²) in [5.41, 5.74) is 2.14. The molecule has 2 rings (SSSR count). The van der Waals surface area contributed by atoms with Gasteiger partial charge in [-0.1, -0.05) is 0 Å². The number of nitrogens with one attached hydrogen (secondary N) is 1. The van der Waals surface area contributed by atoms with Crippen LogP contribution in [0.2, 0.25) is 0 Å². The number of ether oxygens (including phenoxy) is 3. The summed E-state index contributed by atoms with van der Waals surface area (Å²) < 4.78 is 17.0. The SMILES string of the molecule is CCOc1cc(CNc2ccc(OC)cc2)cc(Br)c1OC. The van der Waals surface area contributed by atoms with Gasteiger partial charge in [-0.2, -0.15) is 0 Å². The molecule has 2 aromatic rings. The Morgan fingerprint density at radius 2 is 1.77 bits per heavy atom. The first-order chi connectivity index (χ1) is 10.7. The highest BCUT2D eigenvalue weighted by molar-refractivity contribution is 9.10. The lowest BCUT2D eigenvalue weighted by Crippen LogP contribution is -2.02. The summed E-state index contributed by atoms with van der Waals surface area (Å²) in [6.45, 7) is 3.24. The van der Waals surface area contributed by atoms with Crippen molar-refractivity contribution in [3.8, 4) is 17.2 Å². The van der Waals surface area contributed by atoms with Crippen LogP contribution in [0.1, 0.15) is 12.5 Å². The Bertz CT molecular complexity index is 614. The number of methoxy groups -OCH3 is 2. The minimum atomic E-state index is 0.595. The van der Waals surface area contributed by atoms with E-state index < -0.39 is 0 Å². The monoisotopic (exact) mass is 365 g/mol. The smallest absolute Gasteiger partial charge is 0.174 e. The van der Waals surface area contributed by atoms with E-state index in [1.54, 1.807) is 14.2 Å². The van der Waals surface area contributed by atoms with Crippen LogP contribution in [0.25, 0.3) is 0 Å². The van der Waals surface area contributed by atoms with Crippen LogP contribution >= 0.6 is 15.9 Å². The van der Waals surface area contributed by atoms with E-state index in [-0.39, 0.29) is 0 Å². The van der Waals surface area contributed by atoms with Gasteiger partial charge < -0.3 is 19.5 Å². The van der Waals surface area contributed by atoms with Crippen LogP contribution in [-0.4, -0.2) is 20.8 Å². The number of benzene rings is 2. The summed E-state index contributed by atoms with van der Waals surface area (Å²) in [5.74, 6) is 2.30. The van der Waals surface area contributed by atoms with Crippen molar-refractivity contribution in [3.63, 3.8) is 0 Å². The first-order valence-corrected chi connectivity index (χ1v) is 7.84. The van der Waals surface area contributed by atoms with E-state index >= 15 is 0 Å². The number of rotatable bonds is 7. The molecular weight excluding hydrogens is 346 g/mol. The predicted molar refractivity (Wildman–Crippen MR) is 92.2 cm³/mol. The molecule has 0 aliphatic heterocycles. The second-order valence-corrected chi connectivity index (χ2v) is 5.48. The Kier molecular flexibility index (Phi) is 5.95. The summed E-state index contributed by atoms with van der Waals surface area (Å²) in [6.07, 6.45) is 0. The topological polar surface area (TPSA) is 39.7 Å². The Labute approximate surface area is 139 Å². The van der Waals surface area contributed by atoms with Gasteiger partial charge in [0.2, 0.25) is 0 Å². The van der Waals surface area contributed by atoms with Crippen LogP contribution < -0.4 is 19.5 Å². The van der Waals surface area contributed by atoms with Crippen molar-refractivity contribution in [2.75, 3.05) is 26.1 Å². The molecule has 118 valence electrons. The maximum absolute atomic E-state index is 5.63. The van der Waals surface area contributed by atoms with Crippen molar-refractivity contribution in [1.29, 1.82) is 0 Å². The minimum Gasteiger partial charge on any atom is -0.497 e. The van der Waals surface area contributed by atoms with Crippen molar-refractivity contribution in [2.45, 2.75) is 13.5 Å². The summed E-state index contributed by atoms with van der Waals surface area (Å²) in [4.78, 5) is 0. The molecule has 1 N–H and O–H groups in total. The summed E-state index contributed by atoms with van der Waals surface area (Å²) in [6, 6.07) is 11.8. The van der Waals surface area contributed by atoms with E-state index in [1.165, 1.54) is 0 Å². The van der Waals surface area contributed by atoms with Gasteiger partial charge in [0.25, 0.3) is 0 Å². The number of hydrogen-bond acceptors (Lipinski definition) is 4. The second-order valence-electron chi connectivity index (χ2n) is 4.62. The van der Waals surface area contributed by atoms with E-state index in [0.29, 0.717) is 13.2 Å². The maximum atomic E-state index is 5.63. The molecule has 0 unspecified atom stereocenters. The molecule has 0 bridgehead atoms. The fraction of sp³-hybridized carbons (Fsp3) is 0.294. The van der Waals surface area contributed by atoms with Gasteiger partial charge in [0.05, 0.1) is 25.3 Å². The standard InChI is InChI=1S/C17H20BrNO3/c1-4-22-16-10-12(9-15(18)17(16)21-3)11-19-13-5-7-14(20-2)8-6-13/h5-10,19H,4,11H2,1-3H3. The zero-order valence-corrected chi connectivity index (χ0v) is 14.6. The lowest BCUT2D eigenvalue weighted by atomic mass is 10.2. The maximum Gasteiger partial charge on any atom is 0.174 e. The molecule has 4 nitrogen and oxygen atoms in total. The van der Waals surface area contributed by atoms with Gasteiger partial charge in [-0.15, -0.1) is 0 Å². The second kappa shape index (κ2) is 7.94. The zero-order chi connectivity index (χ0) is 15.9. The zero-order valence-electron chi connectivity index (χ0n) is 13.0. The molecule has 0 heterocycles. The van der Waals surface area contributed by atoms with Gasteiger partial charge in [0.15, 0.2) is 11.5 Å². The normalized spacial score (nSPS) is 10.2. The largest absolute Gasteiger partial charge is 0.497 e. The van der Waals surface area contributed by atoms with Gasteiger partial charge in [0, 0.05) is 12.2 Å².